The summed E-state index contributed by atoms with van der Waals surface area (Å²) in [7, 11) is 0. The Balaban J connectivity index is 3.48. The lowest BCUT2D eigenvalue weighted by Crippen LogP contribution is -1.89. The molecular weight excluding hydrogens is 147 g/mol. The molecule has 0 aromatic rings. The molecule has 0 aromatic heterocycles. The van der Waals surface area contributed by atoms with Gasteiger partial charge in [0, 0.05) is 11.6 Å². The summed E-state index contributed by atoms with van der Waals surface area (Å²) < 4.78 is 3.92. The number of carbonyl (C=O) groups is 2. The molecule has 0 bridgehead atoms. The zero-order chi connectivity index (χ0) is 7.28. The highest BCUT2D eigenvalue weighted by molar-refractivity contribution is 6.61. The monoisotopic (exact) mass is 150 g/mol. The first-order valence-corrected chi connectivity index (χ1v) is 2.26. The summed E-state index contributed by atoms with van der Waals surface area (Å²) in [6.45, 7) is 0. The molecule has 0 amide bonds. The Bertz CT molecular complexity index is 151. The number of aliphatic carboxylic acids is 1. The van der Waals surface area contributed by atoms with E-state index in [0.717, 1.165) is 0 Å². The van der Waals surface area contributed by atoms with Gasteiger partial charge < -0.3 is 9.84 Å². The van der Waals surface area contributed by atoms with E-state index in [1.165, 1.54) is 0 Å². The number of rotatable bonds is 2. The van der Waals surface area contributed by atoms with Crippen molar-refractivity contribution in [3.05, 3.63) is 12.3 Å². The molecule has 1 N–H and O–H groups in total. The topological polar surface area (TPSA) is 63.6 Å². The number of hydrogen-bond acceptors (Lipinski definition) is 3. The highest BCUT2D eigenvalue weighted by Crippen LogP contribution is 1.86. The molecule has 4 nitrogen and oxygen atoms in total. The average Bonchev–Trinajstić information content (AvgIpc) is 1.63. The van der Waals surface area contributed by atoms with Crippen LogP contribution < -0.4 is 0 Å². The number of carboxylic acid groups (broad SMARTS) is 1. The second kappa shape index (κ2) is 3.91. The summed E-state index contributed by atoms with van der Waals surface area (Å²) in [5.74, 6) is -1.20. The van der Waals surface area contributed by atoms with E-state index in [2.05, 4.69) is 16.3 Å². The fraction of sp³-hybridized carbons (Fsp3) is 0. The van der Waals surface area contributed by atoms with Gasteiger partial charge in [-0.25, -0.2) is 9.59 Å². The summed E-state index contributed by atoms with van der Waals surface area (Å²) in [5.41, 5.74) is -1.06. The van der Waals surface area contributed by atoms with Crippen LogP contribution in [-0.2, 0) is 9.53 Å². The van der Waals surface area contributed by atoms with Crippen LogP contribution in [0.4, 0.5) is 4.79 Å². The molecular formula is C4H3ClO4. The smallest absolute Gasteiger partial charge is 0.408 e. The Kier molecular flexibility index (Phi) is 3.46. The van der Waals surface area contributed by atoms with Gasteiger partial charge in [-0.3, -0.25) is 0 Å². The molecule has 0 radical (unpaired) electrons. The molecule has 0 aliphatic rings. The molecule has 0 fully saturated rings. The van der Waals surface area contributed by atoms with E-state index in [1.807, 2.05) is 0 Å². The molecule has 0 rings (SSSR count). The maximum absolute atomic E-state index is 9.72. The van der Waals surface area contributed by atoms with Crippen LogP contribution >= 0.6 is 11.6 Å². The second-order valence-corrected chi connectivity index (χ2v) is 1.31. The highest BCUT2D eigenvalue weighted by Gasteiger charge is 1.89. The lowest BCUT2D eigenvalue weighted by Gasteiger charge is -1.84. The van der Waals surface area contributed by atoms with Crippen molar-refractivity contribution in [2.75, 3.05) is 0 Å². The molecule has 0 heterocycles. The van der Waals surface area contributed by atoms with Gasteiger partial charge >= 0.3 is 11.4 Å². The van der Waals surface area contributed by atoms with Gasteiger partial charge in [0.2, 0.25) is 0 Å². The minimum absolute atomic E-state index is 0.653. The SMILES string of the molecule is O=C(O)C=COC(=O)Cl. The molecule has 0 aliphatic heterocycles. The third-order valence-electron chi connectivity index (χ3n) is 0.371. The molecule has 0 saturated heterocycles. The molecule has 9 heavy (non-hydrogen) atoms. The van der Waals surface area contributed by atoms with Crippen LogP contribution in [0.5, 0.6) is 0 Å². The van der Waals surface area contributed by atoms with Gasteiger partial charge in [0.05, 0.1) is 6.08 Å². The molecule has 50 valence electrons. The molecule has 0 atom stereocenters. The summed E-state index contributed by atoms with van der Waals surface area (Å²) in [6, 6.07) is 0. The maximum Gasteiger partial charge on any atom is 0.408 e. The van der Waals surface area contributed by atoms with E-state index in [4.69, 9.17) is 5.11 Å². The lowest BCUT2D eigenvalue weighted by atomic mass is 10.6. The summed E-state index contributed by atoms with van der Waals surface area (Å²) in [4.78, 5) is 19.4. The Morgan fingerprint density at radius 1 is 1.56 bits per heavy atom. The van der Waals surface area contributed by atoms with Crippen molar-refractivity contribution in [1.82, 2.24) is 0 Å². The van der Waals surface area contributed by atoms with Crippen molar-refractivity contribution >= 4 is 23.0 Å². The van der Waals surface area contributed by atoms with Gasteiger partial charge in [-0.2, -0.15) is 0 Å². The van der Waals surface area contributed by atoms with Gasteiger partial charge in [-0.05, 0) is 0 Å². The summed E-state index contributed by atoms with van der Waals surface area (Å²) >= 11 is 4.66. The van der Waals surface area contributed by atoms with E-state index >= 15 is 0 Å². The van der Waals surface area contributed by atoms with Gasteiger partial charge in [-0.15, -0.1) is 0 Å². The Morgan fingerprint density at radius 3 is 2.44 bits per heavy atom. The highest BCUT2D eigenvalue weighted by atomic mass is 35.5. The number of ether oxygens (including phenoxy) is 1. The fourth-order valence-corrected chi connectivity index (χ4v) is 0.197. The van der Waals surface area contributed by atoms with Crippen LogP contribution in [0.3, 0.4) is 0 Å². The van der Waals surface area contributed by atoms with Crippen molar-refractivity contribution < 1.29 is 19.4 Å². The van der Waals surface area contributed by atoms with Crippen LogP contribution in [0.25, 0.3) is 0 Å². The minimum atomic E-state index is -1.20. The number of carbonyl (C=O) groups excluding carboxylic acids is 1. The average molecular weight is 151 g/mol. The zero-order valence-corrected chi connectivity index (χ0v) is 4.96. The van der Waals surface area contributed by atoms with Gasteiger partial charge in [-0.1, -0.05) is 0 Å². The van der Waals surface area contributed by atoms with Crippen LogP contribution in [0.1, 0.15) is 0 Å². The standard InChI is InChI=1S/C4H3ClO4/c5-4(8)9-2-1-3(6)7/h1-2H,(H,6,7). The number of hydrogen-bond donors (Lipinski definition) is 1. The van der Waals surface area contributed by atoms with E-state index in [-0.39, 0.29) is 0 Å². The predicted molar refractivity (Wildman–Crippen MR) is 29.1 cm³/mol. The van der Waals surface area contributed by atoms with E-state index in [0.29, 0.717) is 12.3 Å². The predicted octanol–water partition coefficient (Wildman–Crippen LogP) is 0.960. The second-order valence-electron chi connectivity index (χ2n) is 0.996. The Labute approximate surface area is 55.7 Å². The normalized spacial score (nSPS) is 9.44. The fourth-order valence-electron chi connectivity index (χ4n) is 0.146. The maximum atomic E-state index is 9.72. The van der Waals surface area contributed by atoms with E-state index in [9.17, 15) is 9.59 Å². The third kappa shape index (κ3) is 6.97. The van der Waals surface area contributed by atoms with Crippen molar-refractivity contribution in [3.63, 3.8) is 0 Å². The van der Waals surface area contributed by atoms with Crippen molar-refractivity contribution in [2.24, 2.45) is 0 Å². The van der Waals surface area contributed by atoms with Crippen LogP contribution in [0, 0.1) is 0 Å². The van der Waals surface area contributed by atoms with E-state index in [1.54, 1.807) is 0 Å². The Morgan fingerprint density at radius 2 is 2.11 bits per heavy atom. The molecule has 0 aromatic carbocycles. The third-order valence-corrected chi connectivity index (χ3v) is 0.460. The van der Waals surface area contributed by atoms with Crippen molar-refractivity contribution in [1.29, 1.82) is 0 Å². The summed E-state index contributed by atoms with van der Waals surface area (Å²) in [5, 5.41) is 7.91. The first-order chi connectivity index (χ1) is 4.13. The molecule has 0 spiro atoms. The van der Waals surface area contributed by atoms with Gasteiger partial charge in [0.1, 0.15) is 6.26 Å². The molecule has 0 saturated carbocycles. The first-order valence-electron chi connectivity index (χ1n) is 1.88. The van der Waals surface area contributed by atoms with Crippen LogP contribution in [0.15, 0.2) is 12.3 Å². The quantitative estimate of drug-likeness (QED) is 0.362. The van der Waals surface area contributed by atoms with Gasteiger partial charge in [0.15, 0.2) is 0 Å². The number of carboxylic acids is 1. The van der Waals surface area contributed by atoms with E-state index < -0.39 is 11.4 Å². The zero-order valence-electron chi connectivity index (χ0n) is 4.20. The largest absolute Gasteiger partial charge is 0.478 e. The van der Waals surface area contributed by atoms with Crippen molar-refractivity contribution in [3.8, 4) is 0 Å². The minimum Gasteiger partial charge on any atom is -0.478 e. The molecule has 0 aliphatic carbocycles. The number of halogens is 1. The van der Waals surface area contributed by atoms with Crippen LogP contribution in [-0.4, -0.2) is 16.5 Å². The lowest BCUT2D eigenvalue weighted by molar-refractivity contribution is -0.131. The van der Waals surface area contributed by atoms with Crippen molar-refractivity contribution in [2.45, 2.75) is 0 Å². The van der Waals surface area contributed by atoms with Gasteiger partial charge in [0.25, 0.3) is 0 Å². The first kappa shape index (κ1) is 7.97. The Hall–Kier alpha value is -1.03. The summed E-state index contributed by atoms with van der Waals surface area (Å²) in [6.07, 6.45) is 1.35. The molecule has 5 heteroatoms. The van der Waals surface area contributed by atoms with Crippen LogP contribution in [0.2, 0.25) is 0 Å². The molecule has 0 unspecified atom stereocenters.